The van der Waals surface area contributed by atoms with Crippen molar-refractivity contribution in [1.82, 2.24) is 0 Å². The third kappa shape index (κ3) is 28.5. The van der Waals surface area contributed by atoms with E-state index >= 15 is 0 Å². The van der Waals surface area contributed by atoms with Crippen molar-refractivity contribution in [2.75, 3.05) is 6.61 Å². The molecule has 1 rings (SSSR count). The van der Waals surface area contributed by atoms with Crippen molar-refractivity contribution >= 4 is 5.97 Å². The molecule has 0 aromatic heterocycles. The van der Waals surface area contributed by atoms with Gasteiger partial charge in [-0.05, 0) is 70.1 Å². The molecule has 0 radical (unpaired) electrons. The lowest BCUT2D eigenvalue weighted by Gasteiger charge is -2.12. The van der Waals surface area contributed by atoms with Gasteiger partial charge in [-0.2, -0.15) is 0 Å². The zero-order valence-electron chi connectivity index (χ0n) is 27.1. The van der Waals surface area contributed by atoms with Gasteiger partial charge in [0.25, 0.3) is 0 Å². The van der Waals surface area contributed by atoms with Gasteiger partial charge in [0, 0.05) is 6.42 Å². The van der Waals surface area contributed by atoms with Gasteiger partial charge in [0.15, 0.2) is 0 Å². The Bertz CT molecular complexity index is 578. The molecule has 2 heteroatoms. The number of ether oxygens (including phenoxy) is 1. The summed E-state index contributed by atoms with van der Waals surface area (Å²) >= 11 is 0. The van der Waals surface area contributed by atoms with Crippen molar-refractivity contribution in [3.63, 3.8) is 0 Å². The minimum Gasteiger partial charge on any atom is -0.465 e. The average Bonchev–Trinajstić information content (AvgIpc) is 2.95. The average molecular weight is 559 g/mol. The van der Waals surface area contributed by atoms with Gasteiger partial charge in [-0.15, -0.1) is 0 Å². The van der Waals surface area contributed by atoms with Crippen LogP contribution < -0.4 is 0 Å². The van der Waals surface area contributed by atoms with Crippen LogP contribution in [0.3, 0.4) is 0 Å². The Morgan fingerprint density at radius 1 is 0.450 bits per heavy atom. The van der Waals surface area contributed by atoms with Crippen molar-refractivity contribution in [3.05, 3.63) is 24.3 Å². The van der Waals surface area contributed by atoms with Gasteiger partial charge in [0.05, 0.1) is 6.61 Å². The van der Waals surface area contributed by atoms with Crippen LogP contribution in [-0.4, -0.2) is 12.6 Å². The van der Waals surface area contributed by atoms with E-state index in [1.54, 1.807) is 0 Å². The fourth-order valence-electron chi connectivity index (χ4n) is 5.85. The number of esters is 1. The van der Waals surface area contributed by atoms with Crippen molar-refractivity contribution < 1.29 is 9.53 Å². The minimum absolute atomic E-state index is 0.0163. The second-order valence-electron chi connectivity index (χ2n) is 12.9. The van der Waals surface area contributed by atoms with Gasteiger partial charge in [-0.3, -0.25) is 4.79 Å². The molecule has 1 heterocycles. The molecule has 1 aliphatic rings. The minimum atomic E-state index is 0.0163. The molecule has 1 atom stereocenters. The first-order valence-corrected chi connectivity index (χ1v) is 18.2. The third-order valence-electron chi connectivity index (χ3n) is 8.67. The summed E-state index contributed by atoms with van der Waals surface area (Å²) in [6, 6.07) is 0. The quantitative estimate of drug-likeness (QED) is 0.218. The molecule has 234 valence electrons. The van der Waals surface area contributed by atoms with Crippen LogP contribution in [0.4, 0.5) is 0 Å². The predicted molar refractivity (Wildman–Crippen MR) is 177 cm³/mol. The Balaban J connectivity index is 2.15. The molecule has 0 aliphatic carbocycles. The lowest BCUT2D eigenvalue weighted by Crippen LogP contribution is -2.11. The Hall–Kier alpha value is -1.05. The Morgan fingerprint density at radius 2 is 0.750 bits per heavy atom. The molecule has 0 bridgehead atoms. The molecule has 0 saturated carbocycles. The van der Waals surface area contributed by atoms with Crippen LogP contribution in [0.15, 0.2) is 24.3 Å². The van der Waals surface area contributed by atoms with Crippen LogP contribution in [0.5, 0.6) is 0 Å². The van der Waals surface area contributed by atoms with Crippen LogP contribution in [0, 0.1) is 5.92 Å². The maximum absolute atomic E-state index is 12.1. The molecule has 0 saturated heterocycles. The molecular formula is C38H70O2. The summed E-state index contributed by atoms with van der Waals surface area (Å²) in [5.41, 5.74) is 0. The molecule has 0 fully saturated rings. The summed E-state index contributed by atoms with van der Waals surface area (Å²) in [6.07, 6.45) is 49.0. The Morgan fingerprint density at radius 3 is 1.12 bits per heavy atom. The molecule has 0 aromatic carbocycles. The molecule has 0 spiro atoms. The maximum atomic E-state index is 12.1. The first-order chi connectivity index (χ1) is 19.8. The van der Waals surface area contributed by atoms with E-state index in [4.69, 9.17) is 4.74 Å². The lowest BCUT2D eigenvalue weighted by molar-refractivity contribution is -0.145. The zero-order chi connectivity index (χ0) is 28.6. The van der Waals surface area contributed by atoms with E-state index in [-0.39, 0.29) is 5.97 Å². The van der Waals surface area contributed by atoms with Crippen molar-refractivity contribution in [1.29, 1.82) is 0 Å². The maximum Gasteiger partial charge on any atom is 0.305 e. The Kier molecular flexibility index (Phi) is 28.6. The highest BCUT2D eigenvalue weighted by molar-refractivity contribution is 5.69. The summed E-state index contributed by atoms with van der Waals surface area (Å²) in [5, 5.41) is 0. The van der Waals surface area contributed by atoms with Gasteiger partial charge in [0.1, 0.15) is 0 Å². The van der Waals surface area contributed by atoms with E-state index in [1.807, 2.05) is 0 Å². The van der Waals surface area contributed by atoms with Crippen LogP contribution in [0.2, 0.25) is 0 Å². The van der Waals surface area contributed by atoms with E-state index in [0.717, 1.165) is 6.42 Å². The molecule has 1 unspecified atom stereocenters. The monoisotopic (exact) mass is 559 g/mol. The van der Waals surface area contributed by atoms with E-state index in [2.05, 4.69) is 31.2 Å². The number of hydrogen-bond donors (Lipinski definition) is 0. The van der Waals surface area contributed by atoms with E-state index < -0.39 is 0 Å². The first-order valence-electron chi connectivity index (χ1n) is 18.2. The smallest absolute Gasteiger partial charge is 0.305 e. The highest BCUT2D eigenvalue weighted by atomic mass is 16.5. The molecule has 0 aromatic rings. The largest absolute Gasteiger partial charge is 0.465 e. The van der Waals surface area contributed by atoms with Crippen LogP contribution in [0.1, 0.15) is 200 Å². The molecular weight excluding hydrogens is 488 g/mol. The highest BCUT2D eigenvalue weighted by Gasteiger charge is 2.07. The van der Waals surface area contributed by atoms with Crippen molar-refractivity contribution in [2.45, 2.75) is 200 Å². The number of carbonyl (C=O) groups excluding carboxylic acids is 1. The molecule has 0 N–H and O–H groups in total. The lowest BCUT2D eigenvalue weighted by atomic mass is 10.0. The molecule has 1 aliphatic heterocycles. The first kappa shape index (κ1) is 37.0. The van der Waals surface area contributed by atoms with Gasteiger partial charge < -0.3 is 4.74 Å². The number of hydrogen-bond acceptors (Lipinski definition) is 2. The summed E-state index contributed by atoms with van der Waals surface area (Å²) < 4.78 is 5.55. The van der Waals surface area contributed by atoms with E-state index in [1.165, 1.54) is 180 Å². The van der Waals surface area contributed by atoms with Crippen LogP contribution in [0.25, 0.3) is 0 Å². The van der Waals surface area contributed by atoms with E-state index in [9.17, 15) is 4.79 Å². The second-order valence-corrected chi connectivity index (χ2v) is 12.9. The Labute approximate surface area is 251 Å². The SMILES string of the molecule is CC1CCCCC/C=C\CCCCCCCCCC/C=C\CCCCCCCCCCCCCCCC(=O)OC1. The van der Waals surface area contributed by atoms with Crippen molar-refractivity contribution in [3.8, 4) is 0 Å². The number of rotatable bonds is 0. The van der Waals surface area contributed by atoms with Gasteiger partial charge in [-0.1, -0.05) is 153 Å². The fraction of sp³-hybridized carbons (Fsp3) is 0.868. The van der Waals surface area contributed by atoms with Crippen LogP contribution in [-0.2, 0) is 9.53 Å². The number of allylic oxidation sites excluding steroid dienone is 4. The summed E-state index contributed by atoms with van der Waals surface area (Å²) in [5.74, 6) is 0.505. The zero-order valence-corrected chi connectivity index (χ0v) is 27.1. The summed E-state index contributed by atoms with van der Waals surface area (Å²) in [7, 11) is 0. The summed E-state index contributed by atoms with van der Waals surface area (Å²) in [4.78, 5) is 12.1. The van der Waals surface area contributed by atoms with Crippen LogP contribution >= 0.6 is 0 Å². The normalized spacial score (nSPS) is 25.9. The number of cyclic esters (lactones) is 1. The van der Waals surface area contributed by atoms with Crippen molar-refractivity contribution in [2.24, 2.45) is 5.92 Å². The summed E-state index contributed by atoms with van der Waals surface area (Å²) in [6.45, 7) is 2.83. The van der Waals surface area contributed by atoms with Gasteiger partial charge in [-0.25, -0.2) is 0 Å². The third-order valence-corrected chi connectivity index (χ3v) is 8.67. The number of carbonyl (C=O) groups is 1. The molecule has 2 nitrogen and oxygen atoms in total. The highest BCUT2D eigenvalue weighted by Crippen LogP contribution is 2.16. The predicted octanol–water partition coefficient (Wildman–Crippen LogP) is 13.0. The second kappa shape index (κ2) is 30.9. The topological polar surface area (TPSA) is 26.3 Å². The van der Waals surface area contributed by atoms with Gasteiger partial charge in [0.2, 0.25) is 0 Å². The van der Waals surface area contributed by atoms with Gasteiger partial charge >= 0.3 is 5.97 Å². The van der Waals surface area contributed by atoms with E-state index in [0.29, 0.717) is 18.9 Å². The standard InChI is InChI=1S/C38H70O2/c1-37-34-32-30-28-26-24-22-20-18-16-14-12-10-8-6-4-2-3-5-7-9-11-13-15-17-19-21-23-25-27-29-31-33-35-38(39)40-36-37/h3,5,22,24,37H,2,4,6-21,23,25-36H2,1H3/b5-3-,24-22-. The molecule has 40 heavy (non-hydrogen) atoms. The molecule has 0 amide bonds. The fourth-order valence-corrected chi connectivity index (χ4v) is 5.85.